The van der Waals surface area contributed by atoms with E-state index in [1.165, 1.54) is 12.8 Å². The lowest BCUT2D eigenvalue weighted by Crippen LogP contribution is -2.43. The molecule has 1 heterocycles. The van der Waals surface area contributed by atoms with Gasteiger partial charge in [0, 0.05) is 36.5 Å². The molecule has 2 aliphatic carbocycles. The summed E-state index contributed by atoms with van der Waals surface area (Å²) in [5.74, 6) is 1.70. The maximum Gasteiger partial charge on any atom is 0.251 e. The highest BCUT2D eigenvalue weighted by Gasteiger charge is 2.30. The SMILES string of the molecule is O=C(NC1CC1)c1cccc(OCC2CCCN(C(=O)C3CCCC3)C2)c1. The molecule has 1 aromatic rings. The molecule has 1 atom stereocenters. The van der Waals surface area contributed by atoms with Crippen molar-refractivity contribution in [1.82, 2.24) is 10.2 Å². The van der Waals surface area contributed by atoms with Gasteiger partial charge in [-0.05, 0) is 56.7 Å². The molecule has 0 radical (unpaired) electrons. The van der Waals surface area contributed by atoms with Gasteiger partial charge in [0.1, 0.15) is 5.75 Å². The molecular weight excluding hydrogens is 340 g/mol. The van der Waals surface area contributed by atoms with Crippen LogP contribution in [0, 0.1) is 11.8 Å². The van der Waals surface area contributed by atoms with Crippen LogP contribution in [0.1, 0.15) is 61.7 Å². The van der Waals surface area contributed by atoms with Crippen LogP contribution in [0.5, 0.6) is 5.75 Å². The number of amides is 2. The summed E-state index contributed by atoms with van der Waals surface area (Å²) in [5, 5.41) is 3.01. The van der Waals surface area contributed by atoms with E-state index >= 15 is 0 Å². The largest absolute Gasteiger partial charge is 0.493 e. The molecule has 1 aromatic carbocycles. The van der Waals surface area contributed by atoms with E-state index in [2.05, 4.69) is 10.2 Å². The predicted molar refractivity (Wildman–Crippen MR) is 104 cm³/mol. The molecule has 5 nitrogen and oxygen atoms in total. The van der Waals surface area contributed by atoms with Gasteiger partial charge in [0.05, 0.1) is 6.61 Å². The molecule has 3 fully saturated rings. The third-order valence-corrected chi connectivity index (χ3v) is 6.03. The van der Waals surface area contributed by atoms with Crippen molar-refractivity contribution in [3.8, 4) is 5.75 Å². The van der Waals surface area contributed by atoms with E-state index in [0.29, 0.717) is 30.0 Å². The van der Waals surface area contributed by atoms with E-state index in [1.807, 2.05) is 24.3 Å². The van der Waals surface area contributed by atoms with Crippen molar-refractivity contribution in [3.63, 3.8) is 0 Å². The topological polar surface area (TPSA) is 58.6 Å². The van der Waals surface area contributed by atoms with Gasteiger partial charge in [-0.1, -0.05) is 18.9 Å². The van der Waals surface area contributed by atoms with Crippen molar-refractivity contribution < 1.29 is 14.3 Å². The number of rotatable bonds is 6. The highest BCUT2D eigenvalue weighted by molar-refractivity contribution is 5.94. The molecule has 5 heteroatoms. The van der Waals surface area contributed by atoms with Crippen LogP contribution in [-0.4, -0.2) is 42.5 Å². The molecule has 2 saturated carbocycles. The lowest BCUT2D eigenvalue weighted by Gasteiger charge is -2.34. The van der Waals surface area contributed by atoms with Gasteiger partial charge in [-0.3, -0.25) is 9.59 Å². The van der Waals surface area contributed by atoms with Crippen LogP contribution in [-0.2, 0) is 4.79 Å². The van der Waals surface area contributed by atoms with Crippen LogP contribution in [0.3, 0.4) is 0 Å². The molecule has 3 aliphatic rings. The Bertz CT molecular complexity index is 680. The van der Waals surface area contributed by atoms with E-state index in [9.17, 15) is 9.59 Å². The van der Waals surface area contributed by atoms with Crippen LogP contribution in [0.25, 0.3) is 0 Å². The Morgan fingerprint density at radius 2 is 1.89 bits per heavy atom. The number of piperidine rings is 1. The van der Waals surface area contributed by atoms with E-state index in [0.717, 1.165) is 57.4 Å². The molecule has 146 valence electrons. The first-order valence-electron chi connectivity index (χ1n) is 10.5. The van der Waals surface area contributed by atoms with Gasteiger partial charge < -0.3 is 15.0 Å². The summed E-state index contributed by atoms with van der Waals surface area (Å²) < 4.78 is 5.99. The molecule has 0 bridgehead atoms. The number of hydrogen-bond acceptors (Lipinski definition) is 3. The minimum atomic E-state index is -0.0195. The highest BCUT2D eigenvalue weighted by atomic mass is 16.5. The first kappa shape index (κ1) is 18.3. The van der Waals surface area contributed by atoms with Crippen LogP contribution >= 0.6 is 0 Å². The Kier molecular flexibility index (Phi) is 5.65. The number of nitrogens with zero attached hydrogens (tertiary/aromatic N) is 1. The lowest BCUT2D eigenvalue weighted by molar-refractivity contribution is -0.137. The number of hydrogen-bond donors (Lipinski definition) is 1. The first-order chi connectivity index (χ1) is 13.2. The van der Waals surface area contributed by atoms with Crippen molar-refractivity contribution in [2.45, 2.75) is 57.4 Å². The fourth-order valence-electron chi connectivity index (χ4n) is 4.27. The Hall–Kier alpha value is -2.04. The standard InChI is InChI=1S/C22H30N2O3/c25-21(23-19-10-11-19)18-8-3-9-20(13-18)27-15-16-5-4-12-24(14-16)22(26)17-6-1-2-7-17/h3,8-9,13,16-17,19H,1-2,4-7,10-12,14-15H2,(H,23,25). The second kappa shape index (κ2) is 8.32. The number of benzene rings is 1. The second-order valence-corrected chi connectivity index (χ2v) is 8.36. The van der Waals surface area contributed by atoms with Crippen molar-refractivity contribution in [1.29, 1.82) is 0 Å². The zero-order valence-electron chi connectivity index (χ0n) is 16.0. The zero-order chi connectivity index (χ0) is 18.6. The summed E-state index contributed by atoms with van der Waals surface area (Å²) in [6, 6.07) is 7.77. The molecule has 1 saturated heterocycles. The van der Waals surface area contributed by atoms with Crippen molar-refractivity contribution >= 4 is 11.8 Å². The van der Waals surface area contributed by atoms with Gasteiger partial charge in [0.2, 0.25) is 5.91 Å². The van der Waals surface area contributed by atoms with Gasteiger partial charge in [-0.2, -0.15) is 0 Å². The van der Waals surface area contributed by atoms with Crippen LogP contribution < -0.4 is 10.1 Å². The average Bonchev–Trinajstić information content (AvgIpc) is 3.34. The Balaban J connectivity index is 1.29. The van der Waals surface area contributed by atoms with Crippen LogP contribution in [0.15, 0.2) is 24.3 Å². The lowest BCUT2D eigenvalue weighted by atomic mass is 9.96. The summed E-state index contributed by atoms with van der Waals surface area (Å²) in [6.45, 7) is 2.29. The van der Waals surface area contributed by atoms with E-state index in [-0.39, 0.29) is 11.8 Å². The van der Waals surface area contributed by atoms with Crippen molar-refractivity contribution in [3.05, 3.63) is 29.8 Å². The normalized spacial score (nSPS) is 23.3. The highest BCUT2D eigenvalue weighted by Crippen LogP contribution is 2.29. The summed E-state index contributed by atoms with van der Waals surface area (Å²) in [5.41, 5.74) is 0.654. The molecule has 1 N–H and O–H groups in total. The van der Waals surface area contributed by atoms with Gasteiger partial charge in [0.15, 0.2) is 0 Å². The van der Waals surface area contributed by atoms with E-state index in [4.69, 9.17) is 4.74 Å². The summed E-state index contributed by atoms with van der Waals surface area (Å²) in [6.07, 6.45) is 8.83. The number of ether oxygens (including phenoxy) is 1. The molecule has 1 aliphatic heterocycles. The average molecular weight is 370 g/mol. The van der Waals surface area contributed by atoms with Gasteiger partial charge in [0.25, 0.3) is 5.91 Å². The third-order valence-electron chi connectivity index (χ3n) is 6.03. The number of likely N-dealkylation sites (tertiary alicyclic amines) is 1. The summed E-state index contributed by atoms with van der Waals surface area (Å²) in [7, 11) is 0. The molecule has 0 aromatic heterocycles. The number of nitrogens with one attached hydrogen (secondary N) is 1. The quantitative estimate of drug-likeness (QED) is 0.835. The predicted octanol–water partition coefficient (Wildman–Crippen LogP) is 3.39. The minimum Gasteiger partial charge on any atom is -0.493 e. The maximum atomic E-state index is 12.7. The van der Waals surface area contributed by atoms with Crippen LogP contribution in [0.2, 0.25) is 0 Å². The van der Waals surface area contributed by atoms with Crippen LogP contribution in [0.4, 0.5) is 0 Å². The van der Waals surface area contributed by atoms with E-state index in [1.54, 1.807) is 0 Å². The molecule has 2 amide bonds. The van der Waals surface area contributed by atoms with Gasteiger partial charge in [-0.25, -0.2) is 0 Å². The van der Waals surface area contributed by atoms with E-state index < -0.39 is 0 Å². The summed E-state index contributed by atoms with van der Waals surface area (Å²) >= 11 is 0. The number of carbonyl (C=O) groups is 2. The van der Waals surface area contributed by atoms with Gasteiger partial charge in [-0.15, -0.1) is 0 Å². The summed E-state index contributed by atoms with van der Waals surface area (Å²) in [4.78, 5) is 26.9. The molecule has 1 unspecified atom stereocenters. The monoisotopic (exact) mass is 370 g/mol. The van der Waals surface area contributed by atoms with Gasteiger partial charge >= 0.3 is 0 Å². The maximum absolute atomic E-state index is 12.7. The molecular formula is C22H30N2O3. The Morgan fingerprint density at radius 1 is 1.07 bits per heavy atom. The molecule has 0 spiro atoms. The minimum absolute atomic E-state index is 0.0195. The van der Waals surface area contributed by atoms with Crippen molar-refractivity contribution in [2.75, 3.05) is 19.7 Å². The number of carbonyl (C=O) groups excluding carboxylic acids is 2. The fourth-order valence-corrected chi connectivity index (χ4v) is 4.27. The second-order valence-electron chi connectivity index (χ2n) is 8.36. The zero-order valence-corrected chi connectivity index (χ0v) is 16.0. The molecule has 4 rings (SSSR count). The third kappa shape index (κ3) is 4.82. The first-order valence-corrected chi connectivity index (χ1v) is 10.5. The Labute approximate surface area is 161 Å². The van der Waals surface area contributed by atoms with Crippen molar-refractivity contribution in [2.24, 2.45) is 11.8 Å². The fraction of sp³-hybridized carbons (Fsp3) is 0.636. The smallest absolute Gasteiger partial charge is 0.251 e. The molecule has 27 heavy (non-hydrogen) atoms. The Morgan fingerprint density at radius 3 is 2.67 bits per heavy atom.